The minimum absolute atomic E-state index is 0.0143. The Morgan fingerprint density at radius 3 is 2.94 bits per heavy atom. The van der Waals surface area contributed by atoms with Gasteiger partial charge in [0.25, 0.3) is 5.89 Å². The molecule has 7 heteroatoms. The quantitative estimate of drug-likeness (QED) is 0.631. The van der Waals surface area contributed by atoms with Crippen molar-refractivity contribution in [3.63, 3.8) is 0 Å². The van der Waals surface area contributed by atoms with Gasteiger partial charge in [-0.1, -0.05) is 30.3 Å². The van der Waals surface area contributed by atoms with Crippen molar-refractivity contribution >= 4 is 5.91 Å². The van der Waals surface area contributed by atoms with Crippen LogP contribution in [0.3, 0.4) is 0 Å². The van der Waals surface area contributed by atoms with Gasteiger partial charge >= 0.3 is 0 Å². The van der Waals surface area contributed by atoms with E-state index in [0.717, 1.165) is 29.5 Å². The van der Waals surface area contributed by atoms with Crippen LogP contribution in [-0.2, 0) is 11.2 Å². The van der Waals surface area contributed by atoms with Crippen molar-refractivity contribution in [2.24, 2.45) is 0 Å². The molecule has 31 heavy (non-hydrogen) atoms. The fourth-order valence-corrected chi connectivity index (χ4v) is 3.87. The van der Waals surface area contributed by atoms with Crippen molar-refractivity contribution in [2.45, 2.75) is 52.2 Å². The number of rotatable bonds is 6. The number of nitrogens with one attached hydrogen (secondary N) is 1. The van der Waals surface area contributed by atoms with E-state index >= 15 is 0 Å². The maximum atomic E-state index is 11.8. The zero-order valence-corrected chi connectivity index (χ0v) is 17.8. The Hall–Kier alpha value is -3.66. The van der Waals surface area contributed by atoms with Crippen LogP contribution in [0.5, 0.6) is 5.75 Å². The molecule has 1 atom stereocenters. The summed E-state index contributed by atoms with van der Waals surface area (Å²) in [6.07, 6.45) is 2.13. The first-order chi connectivity index (χ1) is 15.0. The van der Waals surface area contributed by atoms with E-state index in [-0.39, 0.29) is 18.1 Å². The number of aromatic nitrogens is 2. The van der Waals surface area contributed by atoms with Crippen LogP contribution < -0.4 is 10.1 Å². The number of carbonyl (C=O) groups is 1. The summed E-state index contributed by atoms with van der Waals surface area (Å²) >= 11 is 0. The fourth-order valence-electron chi connectivity index (χ4n) is 3.87. The van der Waals surface area contributed by atoms with Gasteiger partial charge in [0.15, 0.2) is 0 Å². The number of ether oxygens (including phenoxy) is 1. The Bertz CT molecular complexity index is 1160. The van der Waals surface area contributed by atoms with Gasteiger partial charge in [0.1, 0.15) is 11.8 Å². The standard InChI is InChI=1S/C24H24N4O3/c1-4-22(29)26-20-10-9-17-18(20)6-5-7-19(17)23-27-24(31-28-23)15-8-11-21(30-14(2)3)16(12-15)13-25/h5-8,11-12,14,20H,4,9-10H2,1-3H3,(H,26,29)/t20-/m1/s1. The highest BCUT2D eigenvalue weighted by Gasteiger charge is 2.27. The molecule has 1 aromatic heterocycles. The van der Waals surface area contributed by atoms with Gasteiger partial charge in [0.05, 0.1) is 17.7 Å². The van der Waals surface area contributed by atoms with Crippen molar-refractivity contribution in [3.05, 3.63) is 53.1 Å². The molecule has 0 spiro atoms. The Kier molecular flexibility index (Phi) is 5.72. The number of fused-ring (bicyclic) bond motifs is 1. The maximum absolute atomic E-state index is 11.8. The van der Waals surface area contributed by atoms with Crippen molar-refractivity contribution in [2.75, 3.05) is 0 Å². The van der Waals surface area contributed by atoms with Crippen LogP contribution >= 0.6 is 0 Å². The van der Waals surface area contributed by atoms with Crippen LogP contribution in [0, 0.1) is 11.3 Å². The second kappa shape index (κ2) is 8.60. The average molecular weight is 416 g/mol. The molecule has 4 rings (SSSR count). The zero-order valence-electron chi connectivity index (χ0n) is 17.8. The first-order valence-corrected chi connectivity index (χ1v) is 10.5. The minimum atomic E-state index is -0.0286. The molecule has 0 unspecified atom stereocenters. The van der Waals surface area contributed by atoms with Crippen molar-refractivity contribution < 1.29 is 14.1 Å². The van der Waals surface area contributed by atoms with Crippen molar-refractivity contribution in [1.29, 1.82) is 5.26 Å². The molecule has 0 saturated heterocycles. The van der Waals surface area contributed by atoms with E-state index in [9.17, 15) is 10.1 Å². The molecular weight excluding hydrogens is 392 g/mol. The molecule has 1 aliphatic carbocycles. The van der Waals surface area contributed by atoms with E-state index < -0.39 is 0 Å². The summed E-state index contributed by atoms with van der Waals surface area (Å²) in [6, 6.07) is 13.4. The molecule has 158 valence electrons. The largest absolute Gasteiger partial charge is 0.490 e. The van der Waals surface area contributed by atoms with Gasteiger partial charge < -0.3 is 14.6 Å². The lowest BCUT2D eigenvalue weighted by atomic mass is 10.0. The Morgan fingerprint density at radius 1 is 1.35 bits per heavy atom. The smallest absolute Gasteiger partial charge is 0.258 e. The Labute approximate surface area is 181 Å². The first kappa shape index (κ1) is 20.6. The molecular formula is C24H24N4O3. The number of carbonyl (C=O) groups excluding carboxylic acids is 1. The summed E-state index contributed by atoms with van der Waals surface area (Å²) in [6.45, 7) is 5.67. The van der Waals surface area contributed by atoms with E-state index in [4.69, 9.17) is 9.26 Å². The molecule has 3 aromatic rings. The number of nitriles is 1. The van der Waals surface area contributed by atoms with Crippen LogP contribution in [-0.4, -0.2) is 22.2 Å². The fraction of sp³-hybridized carbons (Fsp3) is 0.333. The molecule has 0 saturated carbocycles. The summed E-state index contributed by atoms with van der Waals surface area (Å²) in [5, 5.41) is 16.7. The summed E-state index contributed by atoms with van der Waals surface area (Å²) in [5.74, 6) is 1.41. The minimum Gasteiger partial charge on any atom is -0.490 e. The molecule has 1 heterocycles. The number of hydrogen-bond acceptors (Lipinski definition) is 6. The number of nitrogens with zero attached hydrogens (tertiary/aromatic N) is 3. The van der Waals surface area contributed by atoms with Crippen molar-refractivity contribution in [3.8, 4) is 34.7 Å². The highest BCUT2D eigenvalue weighted by molar-refractivity contribution is 5.76. The van der Waals surface area contributed by atoms with E-state index in [2.05, 4.69) is 21.5 Å². The second-order valence-corrected chi connectivity index (χ2v) is 7.80. The Balaban J connectivity index is 1.64. The first-order valence-electron chi connectivity index (χ1n) is 10.5. The van der Waals surface area contributed by atoms with Crippen molar-refractivity contribution in [1.82, 2.24) is 15.5 Å². The normalized spacial score (nSPS) is 14.9. The molecule has 1 amide bonds. The number of benzene rings is 2. The molecule has 0 fully saturated rings. The van der Waals surface area contributed by atoms with E-state index in [0.29, 0.717) is 35.0 Å². The van der Waals surface area contributed by atoms with Crippen LogP contribution in [0.2, 0.25) is 0 Å². The van der Waals surface area contributed by atoms with Gasteiger partial charge in [0, 0.05) is 17.5 Å². The lowest BCUT2D eigenvalue weighted by Crippen LogP contribution is -2.26. The van der Waals surface area contributed by atoms with Gasteiger partial charge in [-0.25, -0.2) is 0 Å². The predicted molar refractivity (Wildman–Crippen MR) is 115 cm³/mol. The van der Waals surface area contributed by atoms with Gasteiger partial charge in [-0.05, 0) is 56.0 Å². The lowest BCUT2D eigenvalue weighted by Gasteiger charge is -2.13. The summed E-state index contributed by atoms with van der Waals surface area (Å²) in [4.78, 5) is 16.4. The van der Waals surface area contributed by atoms with E-state index in [1.54, 1.807) is 12.1 Å². The topological polar surface area (TPSA) is 101 Å². The summed E-state index contributed by atoms with van der Waals surface area (Å²) in [7, 11) is 0. The maximum Gasteiger partial charge on any atom is 0.258 e. The highest BCUT2D eigenvalue weighted by atomic mass is 16.5. The molecule has 0 radical (unpaired) electrons. The molecule has 1 aliphatic rings. The molecule has 7 nitrogen and oxygen atoms in total. The summed E-state index contributed by atoms with van der Waals surface area (Å²) in [5.41, 5.74) is 4.22. The summed E-state index contributed by atoms with van der Waals surface area (Å²) < 4.78 is 11.2. The van der Waals surface area contributed by atoms with Crippen LogP contribution in [0.4, 0.5) is 0 Å². The number of hydrogen-bond donors (Lipinski definition) is 1. The lowest BCUT2D eigenvalue weighted by molar-refractivity contribution is -0.121. The third-order valence-electron chi connectivity index (χ3n) is 5.30. The van der Waals surface area contributed by atoms with Crippen LogP contribution in [0.25, 0.3) is 22.8 Å². The highest BCUT2D eigenvalue weighted by Crippen LogP contribution is 2.37. The zero-order chi connectivity index (χ0) is 22.0. The number of amides is 1. The monoisotopic (exact) mass is 416 g/mol. The van der Waals surface area contributed by atoms with Gasteiger partial charge in [0.2, 0.25) is 11.7 Å². The van der Waals surface area contributed by atoms with E-state index in [1.807, 2.05) is 45.0 Å². The molecule has 1 N–H and O–H groups in total. The second-order valence-electron chi connectivity index (χ2n) is 7.80. The molecule has 0 aliphatic heterocycles. The van der Waals surface area contributed by atoms with Gasteiger partial charge in [-0.2, -0.15) is 10.2 Å². The third-order valence-corrected chi connectivity index (χ3v) is 5.30. The average Bonchev–Trinajstić information content (AvgIpc) is 3.41. The predicted octanol–water partition coefficient (Wildman–Crippen LogP) is 4.58. The molecule has 2 aromatic carbocycles. The van der Waals surface area contributed by atoms with Gasteiger partial charge in [-0.15, -0.1) is 0 Å². The molecule has 0 bridgehead atoms. The third kappa shape index (κ3) is 4.15. The van der Waals surface area contributed by atoms with E-state index in [1.165, 1.54) is 0 Å². The Morgan fingerprint density at radius 2 is 2.19 bits per heavy atom. The van der Waals surface area contributed by atoms with Crippen LogP contribution in [0.15, 0.2) is 40.9 Å². The van der Waals surface area contributed by atoms with Gasteiger partial charge in [-0.3, -0.25) is 4.79 Å². The van der Waals surface area contributed by atoms with Crippen LogP contribution in [0.1, 0.15) is 56.3 Å². The SMILES string of the molecule is CCC(=O)N[C@@H]1CCc2c(-c3noc(-c4ccc(OC(C)C)c(C#N)c4)n3)cccc21.